The number of halogens is 2. The highest BCUT2D eigenvalue weighted by Gasteiger charge is 2.15. The molecular weight excluding hydrogens is 324 g/mol. The predicted molar refractivity (Wildman–Crippen MR) is 84.2 cm³/mol. The van der Waals surface area contributed by atoms with Crippen LogP contribution in [-0.4, -0.2) is 0 Å². The van der Waals surface area contributed by atoms with Crippen LogP contribution in [0.2, 0.25) is 5.02 Å². The largest absolute Gasteiger partial charge is 0.271 e. The van der Waals surface area contributed by atoms with E-state index in [0.717, 1.165) is 10.0 Å². The SMILES string of the molecule is Cc1ccc(C(NN)c2ccc(Cl)c(Br)c2)c(C)c1. The van der Waals surface area contributed by atoms with Gasteiger partial charge in [0.1, 0.15) is 0 Å². The van der Waals surface area contributed by atoms with Gasteiger partial charge in [-0.05, 0) is 58.6 Å². The van der Waals surface area contributed by atoms with Crippen LogP contribution in [-0.2, 0) is 0 Å². The standard InChI is InChI=1S/C15H16BrClN2/c1-9-3-5-12(10(2)7-9)15(19-18)11-4-6-14(17)13(16)8-11/h3-8,15,19H,18H2,1-2H3. The Kier molecular flexibility index (Phi) is 4.63. The highest BCUT2D eigenvalue weighted by atomic mass is 79.9. The summed E-state index contributed by atoms with van der Waals surface area (Å²) in [6, 6.07) is 12.2. The molecule has 2 aromatic carbocycles. The Balaban J connectivity index is 2.46. The van der Waals surface area contributed by atoms with Gasteiger partial charge in [-0.1, -0.05) is 41.4 Å². The number of aryl methyl sites for hydroxylation is 2. The molecule has 2 aromatic rings. The molecule has 19 heavy (non-hydrogen) atoms. The van der Waals surface area contributed by atoms with Crippen LogP contribution in [0.1, 0.15) is 28.3 Å². The average molecular weight is 340 g/mol. The van der Waals surface area contributed by atoms with Crippen molar-refractivity contribution < 1.29 is 0 Å². The van der Waals surface area contributed by atoms with Gasteiger partial charge in [0.15, 0.2) is 0 Å². The molecule has 0 aliphatic heterocycles. The Morgan fingerprint density at radius 1 is 1.16 bits per heavy atom. The molecule has 0 fully saturated rings. The first kappa shape index (κ1) is 14.5. The molecule has 0 aliphatic rings. The van der Waals surface area contributed by atoms with Crippen LogP contribution >= 0.6 is 27.5 Å². The van der Waals surface area contributed by atoms with Gasteiger partial charge < -0.3 is 0 Å². The van der Waals surface area contributed by atoms with Gasteiger partial charge in [0.05, 0.1) is 11.1 Å². The molecule has 1 atom stereocenters. The smallest absolute Gasteiger partial charge is 0.0713 e. The minimum Gasteiger partial charge on any atom is -0.271 e. The van der Waals surface area contributed by atoms with Crippen molar-refractivity contribution in [2.24, 2.45) is 5.84 Å². The van der Waals surface area contributed by atoms with Crippen molar-refractivity contribution in [2.75, 3.05) is 0 Å². The summed E-state index contributed by atoms with van der Waals surface area (Å²) >= 11 is 9.47. The van der Waals surface area contributed by atoms with Crippen LogP contribution in [0.3, 0.4) is 0 Å². The first-order valence-electron chi connectivity index (χ1n) is 6.01. The van der Waals surface area contributed by atoms with E-state index in [1.54, 1.807) is 0 Å². The number of hydrogen-bond donors (Lipinski definition) is 2. The summed E-state index contributed by atoms with van der Waals surface area (Å²) in [5, 5.41) is 0.695. The van der Waals surface area contributed by atoms with Crippen molar-refractivity contribution in [3.8, 4) is 0 Å². The van der Waals surface area contributed by atoms with Crippen molar-refractivity contribution in [2.45, 2.75) is 19.9 Å². The van der Waals surface area contributed by atoms with Crippen molar-refractivity contribution in [3.63, 3.8) is 0 Å². The number of nitrogens with two attached hydrogens (primary N) is 1. The summed E-state index contributed by atoms with van der Waals surface area (Å²) in [5.41, 5.74) is 7.58. The molecule has 100 valence electrons. The molecule has 0 amide bonds. The molecule has 1 unspecified atom stereocenters. The molecular formula is C15H16BrClN2. The quantitative estimate of drug-likeness (QED) is 0.647. The Morgan fingerprint density at radius 2 is 1.89 bits per heavy atom. The molecule has 0 aliphatic carbocycles. The topological polar surface area (TPSA) is 38.0 Å². The van der Waals surface area contributed by atoms with E-state index in [4.69, 9.17) is 17.4 Å². The zero-order valence-electron chi connectivity index (χ0n) is 10.9. The predicted octanol–water partition coefficient (Wildman–Crippen LogP) is 4.27. The van der Waals surface area contributed by atoms with Gasteiger partial charge in [-0.25, -0.2) is 5.43 Å². The Bertz CT molecular complexity index is 599. The van der Waals surface area contributed by atoms with Crippen LogP contribution < -0.4 is 11.3 Å². The van der Waals surface area contributed by atoms with Gasteiger partial charge in [0, 0.05) is 4.47 Å². The fraction of sp³-hybridized carbons (Fsp3) is 0.200. The molecule has 4 heteroatoms. The molecule has 0 aromatic heterocycles. The number of benzene rings is 2. The number of nitrogens with one attached hydrogen (secondary N) is 1. The van der Waals surface area contributed by atoms with Crippen LogP contribution in [0, 0.1) is 13.8 Å². The van der Waals surface area contributed by atoms with Gasteiger partial charge in [-0.15, -0.1) is 0 Å². The van der Waals surface area contributed by atoms with Crippen molar-refractivity contribution in [1.82, 2.24) is 5.43 Å². The van der Waals surface area contributed by atoms with Gasteiger partial charge in [0.25, 0.3) is 0 Å². The molecule has 0 bridgehead atoms. The Labute approximate surface area is 127 Å². The summed E-state index contributed by atoms with van der Waals surface area (Å²) in [5.74, 6) is 5.73. The molecule has 2 nitrogen and oxygen atoms in total. The van der Waals surface area contributed by atoms with Crippen molar-refractivity contribution in [1.29, 1.82) is 0 Å². The summed E-state index contributed by atoms with van der Waals surface area (Å²) in [6.45, 7) is 4.18. The lowest BCUT2D eigenvalue weighted by molar-refractivity contribution is 0.633. The maximum absolute atomic E-state index is 6.03. The lowest BCUT2D eigenvalue weighted by atomic mass is 9.94. The first-order valence-corrected chi connectivity index (χ1v) is 7.18. The summed E-state index contributed by atoms with van der Waals surface area (Å²) in [6.07, 6.45) is 0. The molecule has 0 saturated heterocycles. The molecule has 3 N–H and O–H groups in total. The van der Waals surface area contributed by atoms with E-state index in [2.05, 4.69) is 53.4 Å². The van der Waals surface area contributed by atoms with Crippen molar-refractivity contribution >= 4 is 27.5 Å². The van der Waals surface area contributed by atoms with E-state index in [1.165, 1.54) is 16.7 Å². The normalized spacial score (nSPS) is 12.5. The zero-order chi connectivity index (χ0) is 14.0. The number of rotatable bonds is 3. The first-order chi connectivity index (χ1) is 9.02. The fourth-order valence-corrected chi connectivity index (χ4v) is 2.72. The van der Waals surface area contributed by atoms with Crippen LogP contribution in [0.5, 0.6) is 0 Å². The van der Waals surface area contributed by atoms with E-state index in [-0.39, 0.29) is 6.04 Å². The molecule has 0 spiro atoms. The minimum atomic E-state index is -0.0471. The van der Waals surface area contributed by atoms with Crippen LogP contribution in [0.15, 0.2) is 40.9 Å². The summed E-state index contributed by atoms with van der Waals surface area (Å²) in [4.78, 5) is 0. The van der Waals surface area contributed by atoms with Crippen LogP contribution in [0.4, 0.5) is 0 Å². The maximum atomic E-state index is 6.03. The lowest BCUT2D eigenvalue weighted by Gasteiger charge is -2.20. The van der Waals surface area contributed by atoms with E-state index in [9.17, 15) is 0 Å². The third-order valence-electron chi connectivity index (χ3n) is 3.18. The number of hydrazine groups is 1. The monoisotopic (exact) mass is 338 g/mol. The third kappa shape index (κ3) is 3.18. The lowest BCUT2D eigenvalue weighted by Crippen LogP contribution is -2.29. The Morgan fingerprint density at radius 3 is 2.47 bits per heavy atom. The van der Waals surface area contributed by atoms with Crippen molar-refractivity contribution in [3.05, 3.63) is 68.1 Å². The van der Waals surface area contributed by atoms with E-state index >= 15 is 0 Å². The molecule has 2 rings (SSSR count). The van der Waals surface area contributed by atoms with Gasteiger partial charge >= 0.3 is 0 Å². The Hall–Kier alpha value is -0.870. The second-order valence-corrected chi connectivity index (χ2v) is 5.89. The van der Waals surface area contributed by atoms with Gasteiger partial charge in [0.2, 0.25) is 0 Å². The average Bonchev–Trinajstić information content (AvgIpc) is 2.37. The third-order valence-corrected chi connectivity index (χ3v) is 4.39. The van der Waals surface area contributed by atoms with E-state index in [1.807, 2.05) is 18.2 Å². The number of hydrogen-bond acceptors (Lipinski definition) is 2. The highest BCUT2D eigenvalue weighted by molar-refractivity contribution is 9.10. The van der Waals surface area contributed by atoms with Crippen LogP contribution in [0.25, 0.3) is 0 Å². The molecule has 0 radical (unpaired) electrons. The zero-order valence-corrected chi connectivity index (χ0v) is 13.2. The minimum absolute atomic E-state index is 0.0471. The maximum Gasteiger partial charge on any atom is 0.0713 e. The molecule has 0 heterocycles. The van der Waals surface area contributed by atoms with E-state index < -0.39 is 0 Å². The summed E-state index contributed by atoms with van der Waals surface area (Å²) < 4.78 is 0.872. The highest BCUT2D eigenvalue weighted by Crippen LogP contribution is 2.30. The van der Waals surface area contributed by atoms with Gasteiger partial charge in [-0.2, -0.15) is 0 Å². The second-order valence-electron chi connectivity index (χ2n) is 4.63. The molecule has 0 saturated carbocycles. The van der Waals surface area contributed by atoms with Gasteiger partial charge in [-0.3, -0.25) is 5.84 Å². The fourth-order valence-electron chi connectivity index (χ4n) is 2.21. The van der Waals surface area contributed by atoms with E-state index in [0.29, 0.717) is 5.02 Å². The summed E-state index contributed by atoms with van der Waals surface area (Å²) in [7, 11) is 0. The second kappa shape index (κ2) is 6.06.